The summed E-state index contributed by atoms with van der Waals surface area (Å²) in [6, 6.07) is 62.4. The molecule has 0 radical (unpaired) electrons. The molecule has 270 valence electrons. The van der Waals surface area contributed by atoms with Gasteiger partial charge in [-0.15, -0.1) is 0 Å². The van der Waals surface area contributed by atoms with Gasteiger partial charge in [0, 0.05) is 50.1 Å². The third-order valence-electron chi connectivity index (χ3n) is 11.4. The second-order valence-electron chi connectivity index (χ2n) is 14.9. The highest BCUT2D eigenvalue weighted by atomic mass is 15.2. The number of nitrogens with zero attached hydrogens (tertiary/aromatic N) is 5. The van der Waals surface area contributed by atoms with E-state index in [1.807, 2.05) is 36.4 Å². The SMILES string of the molecule is CC1CC=Cc2c1n(-c1nc(-c3ccccc3)nc(-c3ccccc3)n1)c1cc(-c3ccc(-c4ccc5c6ccccc6n(-c6ccccc6)c5c4)cc3)ccc21. The van der Waals surface area contributed by atoms with Crippen molar-refractivity contribution in [2.75, 3.05) is 0 Å². The summed E-state index contributed by atoms with van der Waals surface area (Å²) in [5.74, 6) is 2.23. The second kappa shape index (κ2) is 13.4. The van der Waals surface area contributed by atoms with Crippen LogP contribution in [0.2, 0.25) is 0 Å². The maximum atomic E-state index is 5.19. The van der Waals surface area contributed by atoms with Crippen LogP contribution in [-0.2, 0) is 0 Å². The molecule has 0 amide bonds. The van der Waals surface area contributed by atoms with E-state index in [4.69, 9.17) is 15.0 Å². The Kier molecular flexibility index (Phi) is 7.78. The molecule has 0 bridgehead atoms. The molecule has 10 aromatic rings. The highest BCUT2D eigenvalue weighted by Gasteiger charge is 2.26. The smallest absolute Gasteiger partial charge is 0.238 e. The standard InChI is InChI=1S/C52H37N5/c1-34-14-13-22-45-44-31-29-40(33-48(44)57(49(34)45)52-54-50(37-15-5-2-6-16-37)53-51(55-52)38-17-7-3-8-18-38)36-26-24-35(25-27-36)39-28-30-43-42-21-11-12-23-46(42)56(47(43)32-39)41-19-9-4-10-20-41/h2-13,15-34H,14H2,1H3. The largest absolute Gasteiger partial charge is 0.309 e. The fourth-order valence-electron chi connectivity index (χ4n) is 8.65. The van der Waals surface area contributed by atoms with E-state index in [2.05, 4.69) is 168 Å². The molecular formula is C52H37N5. The molecule has 3 aromatic heterocycles. The summed E-state index contributed by atoms with van der Waals surface area (Å²) in [4.78, 5) is 15.4. The van der Waals surface area contributed by atoms with E-state index in [1.54, 1.807) is 0 Å². The van der Waals surface area contributed by atoms with Gasteiger partial charge in [0.05, 0.1) is 16.6 Å². The molecule has 0 aliphatic heterocycles. The zero-order valence-electron chi connectivity index (χ0n) is 31.4. The zero-order chi connectivity index (χ0) is 37.9. The van der Waals surface area contributed by atoms with Crippen molar-refractivity contribution in [2.24, 2.45) is 0 Å². The number of aromatic nitrogens is 5. The van der Waals surface area contributed by atoms with Crippen molar-refractivity contribution in [3.63, 3.8) is 0 Å². The molecule has 11 rings (SSSR count). The summed E-state index contributed by atoms with van der Waals surface area (Å²) in [5.41, 5.74) is 13.7. The average Bonchev–Trinajstić information content (AvgIpc) is 3.80. The highest BCUT2D eigenvalue weighted by Crippen LogP contribution is 2.41. The van der Waals surface area contributed by atoms with Crippen molar-refractivity contribution < 1.29 is 0 Å². The number of benzene rings is 7. The van der Waals surface area contributed by atoms with Crippen LogP contribution in [0, 0.1) is 0 Å². The zero-order valence-corrected chi connectivity index (χ0v) is 31.4. The van der Waals surface area contributed by atoms with Crippen molar-refractivity contribution in [1.82, 2.24) is 24.1 Å². The number of fused-ring (bicyclic) bond motifs is 6. The predicted molar refractivity (Wildman–Crippen MR) is 235 cm³/mol. The number of rotatable bonds is 6. The van der Waals surface area contributed by atoms with Gasteiger partial charge in [-0.25, -0.2) is 4.98 Å². The van der Waals surface area contributed by atoms with Gasteiger partial charge >= 0.3 is 0 Å². The summed E-state index contributed by atoms with van der Waals surface area (Å²) < 4.78 is 4.67. The summed E-state index contributed by atoms with van der Waals surface area (Å²) >= 11 is 0. The van der Waals surface area contributed by atoms with Gasteiger partial charge in [-0.3, -0.25) is 4.57 Å². The lowest BCUT2D eigenvalue weighted by Gasteiger charge is -2.19. The van der Waals surface area contributed by atoms with Crippen LogP contribution in [0.1, 0.15) is 30.5 Å². The van der Waals surface area contributed by atoms with E-state index in [-0.39, 0.29) is 5.92 Å². The molecule has 57 heavy (non-hydrogen) atoms. The Hall–Kier alpha value is -7.37. The Morgan fingerprint density at radius 2 is 0.947 bits per heavy atom. The maximum Gasteiger partial charge on any atom is 0.238 e. The van der Waals surface area contributed by atoms with Crippen LogP contribution in [-0.4, -0.2) is 24.1 Å². The van der Waals surface area contributed by atoms with E-state index in [0.29, 0.717) is 17.6 Å². The van der Waals surface area contributed by atoms with Gasteiger partial charge in [0.15, 0.2) is 11.6 Å². The third kappa shape index (κ3) is 5.58. The quantitative estimate of drug-likeness (QED) is 0.171. The summed E-state index contributed by atoms with van der Waals surface area (Å²) in [7, 11) is 0. The normalized spacial score (nSPS) is 13.7. The minimum Gasteiger partial charge on any atom is -0.309 e. The number of hydrogen-bond donors (Lipinski definition) is 0. The Morgan fingerprint density at radius 3 is 1.58 bits per heavy atom. The van der Waals surface area contributed by atoms with Gasteiger partial charge in [0.25, 0.3) is 0 Å². The van der Waals surface area contributed by atoms with Gasteiger partial charge in [0.2, 0.25) is 5.95 Å². The lowest BCUT2D eigenvalue weighted by Crippen LogP contribution is -2.12. The number of hydrogen-bond acceptors (Lipinski definition) is 3. The number of allylic oxidation sites excluding steroid dienone is 1. The van der Waals surface area contributed by atoms with Gasteiger partial charge < -0.3 is 4.57 Å². The van der Waals surface area contributed by atoms with Crippen LogP contribution in [0.25, 0.3) is 95.5 Å². The molecule has 0 fully saturated rings. The summed E-state index contributed by atoms with van der Waals surface area (Å²) in [6.45, 7) is 2.30. The molecule has 0 N–H and O–H groups in total. The lowest BCUT2D eigenvalue weighted by atomic mass is 9.93. The Balaban J connectivity index is 1.04. The average molecular weight is 732 g/mol. The molecular weight excluding hydrogens is 695 g/mol. The monoisotopic (exact) mass is 731 g/mol. The van der Waals surface area contributed by atoms with Crippen LogP contribution in [0.5, 0.6) is 0 Å². The second-order valence-corrected chi connectivity index (χ2v) is 14.9. The molecule has 1 unspecified atom stereocenters. The van der Waals surface area contributed by atoms with Crippen LogP contribution >= 0.6 is 0 Å². The van der Waals surface area contributed by atoms with Crippen LogP contribution in [0.15, 0.2) is 182 Å². The van der Waals surface area contributed by atoms with Crippen molar-refractivity contribution in [3.05, 3.63) is 193 Å². The molecule has 7 aromatic carbocycles. The van der Waals surface area contributed by atoms with E-state index in [1.165, 1.54) is 49.6 Å². The first-order valence-corrected chi connectivity index (χ1v) is 19.6. The van der Waals surface area contributed by atoms with E-state index in [0.717, 1.165) is 39.9 Å². The Morgan fingerprint density at radius 1 is 0.439 bits per heavy atom. The van der Waals surface area contributed by atoms with Crippen molar-refractivity contribution >= 4 is 38.8 Å². The van der Waals surface area contributed by atoms with E-state index in [9.17, 15) is 0 Å². The van der Waals surface area contributed by atoms with Gasteiger partial charge in [0.1, 0.15) is 0 Å². The van der Waals surface area contributed by atoms with Crippen molar-refractivity contribution in [2.45, 2.75) is 19.3 Å². The first-order chi connectivity index (χ1) is 28.2. The predicted octanol–water partition coefficient (Wildman–Crippen LogP) is 13.1. The molecule has 1 atom stereocenters. The number of para-hydroxylation sites is 2. The molecule has 1 aliphatic rings. The fourth-order valence-corrected chi connectivity index (χ4v) is 8.65. The topological polar surface area (TPSA) is 48.5 Å². The van der Waals surface area contributed by atoms with Crippen LogP contribution < -0.4 is 0 Å². The van der Waals surface area contributed by atoms with Crippen molar-refractivity contribution in [1.29, 1.82) is 0 Å². The highest BCUT2D eigenvalue weighted by molar-refractivity contribution is 6.10. The van der Waals surface area contributed by atoms with Crippen LogP contribution in [0.3, 0.4) is 0 Å². The van der Waals surface area contributed by atoms with E-state index < -0.39 is 0 Å². The Labute approximate surface area is 330 Å². The van der Waals surface area contributed by atoms with Crippen molar-refractivity contribution in [3.8, 4) is 56.7 Å². The summed E-state index contributed by atoms with van der Waals surface area (Å²) in [5, 5.41) is 3.70. The van der Waals surface area contributed by atoms with E-state index >= 15 is 0 Å². The molecule has 0 saturated carbocycles. The minimum atomic E-state index is 0.287. The fraction of sp³-hybridized carbons (Fsp3) is 0.0577. The molecule has 0 spiro atoms. The van der Waals surface area contributed by atoms with Gasteiger partial charge in [-0.05, 0) is 59.0 Å². The first kappa shape index (κ1) is 33.0. The molecule has 1 aliphatic carbocycles. The Bertz CT molecular complexity index is 3080. The lowest BCUT2D eigenvalue weighted by molar-refractivity contribution is 0.711. The minimum absolute atomic E-state index is 0.287. The molecule has 0 saturated heterocycles. The third-order valence-corrected chi connectivity index (χ3v) is 11.4. The molecule has 5 heteroatoms. The molecule has 3 heterocycles. The molecule has 5 nitrogen and oxygen atoms in total. The maximum absolute atomic E-state index is 5.19. The van der Waals surface area contributed by atoms with Gasteiger partial charge in [-0.1, -0.05) is 165 Å². The van der Waals surface area contributed by atoms with Gasteiger partial charge in [-0.2, -0.15) is 9.97 Å². The first-order valence-electron chi connectivity index (χ1n) is 19.6. The summed E-state index contributed by atoms with van der Waals surface area (Å²) in [6.07, 6.45) is 5.52. The van der Waals surface area contributed by atoms with Crippen LogP contribution in [0.4, 0.5) is 0 Å².